The van der Waals surface area contributed by atoms with Crippen molar-refractivity contribution >= 4 is 17.2 Å². The number of thiophene rings is 1. The van der Waals surface area contributed by atoms with Crippen LogP contribution in [0.25, 0.3) is 10.8 Å². The Morgan fingerprint density at radius 3 is 2.92 bits per heavy atom. The van der Waals surface area contributed by atoms with Crippen molar-refractivity contribution in [1.82, 2.24) is 10.3 Å². The first kappa shape index (κ1) is 15.1. The van der Waals surface area contributed by atoms with Crippen LogP contribution in [0, 0.1) is 5.92 Å². The summed E-state index contributed by atoms with van der Waals surface area (Å²) in [4.78, 5) is 17.5. The Bertz CT molecular complexity index is 811. The van der Waals surface area contributed by atoms with Gasteiger partial charge < -0.3 is 9.73 Å². The smallest absolute Gasteiger partial charge is 0.236 e. The number of hydrogen-bond acceptors (Lipinski definition) is 4. The fraction of sp³-hybridized carbons (Fsp3) is 0.263. The molecule has 24 heavy (non-hydrogen) atoms. The molecule has 1 aliphatic carbocycles. The first-order chi connectivity index (χ1) is 11.8. The van der Waals surface area contributed by atoms with Crippen LogP contribution in [0.2, 0.25) is 0 Å². The SMILES string of the molecule is O=C(Cc1coc(-c2cccs2)n1)NC[C@@H]1C[C@H]1c1ccccc1. The van der Waals surface area contributed by atoms with Gasteiger partial charge in [0, 0.05) is 6.54 Å². The van der Waals surface area contributed by atoms with Crippen molar-refractivity contribution in [2.45, 2.75) is 18.8 Å². The van der Waals surface area contributed by atoms with Gasteiger partial charge in [0.1, 0.15) is 6.26 Å². The quantitative estimate of drug-likeness (QED) is 0.742. The van der Waals surface area contributed by atoms with Crippen molar-refractivity contribution in [3.8, 4) is 10.8 Å². The van der Waals surface area contributed by atoms with Gasteiger partial charge in [0.05, 0.1) is 17.0 Å². The standard InChI is InChI=1S/C19H18N2O2S/c22-18(10-15-12-23-19(21-15)17-7-4-8-24-17)20-11-14-9-16(14)13-5-2-1-3-6-13/h1-8,12,14,16H,9-11H2,(H,20,22)/t14-,16-/m0/s1. The minimum absolute atomic E-state index is 0.000240. The summed E-state index contributed by atoms with van der Waals surface area (Å²) in [5, 5.41) is 5.00. The molecule has 0 aliphatic heterocycles. The molecule has 4 nitrogen and oxygen atoms in total. The summed E-state index contributed by atoms with van der Waals surface area (Å²) in [7, 11) is 0. The van der Waals surface area contributed by atoms with E-state index < -0.39 is 0 Å². The number of nitrogens with one attached hydrogen (secondary N) is 1. The van der Waals surface area contributed by atoms with E-state index in [1.54, 1.807) is 17.6 Å². The second-order valence-electron chi connectivity index (χ2n) is 6.12. The molecule has 0 unspecified atom stereocenters. The van der Waals surface area contributed by atoms with Crippen LogP contribution in [-0.2, 0) is 11.2 Å². The molecule has 1 fully saturated rings. The number of rotatable bonds is 6. The molecule has 1 N–H and O–H groups in total. The lowest BCUT2D eigenvalue weighted by molar-refractivity contribution is -0.120. The van der Waals surface area contributed by atoms with Crippen molar-refractivity contribution in [3.63, 3.8) is 0 Å². The Kier molecular flexibility index (Phi) is 4.17. The summed E-state index contributed by atoms with van der Waals surface area (Å²) in [6.45, 7) is 0.730. The van der Waals surface area contributed by atoms with E-state index in [4.69, 9.17) is 4.42 Å². The van der Waals surface area contributed by atoms with Crippen LogP contribution < -0.4 is 5.32 Å². The Balaban J connectivity index is 1.26. The second kappa shape index (κ2) is 6.61. The zero-order chi connectivity index (χ0) is 16.4. The van der Waals surface area contributed by atoms with E-state index in [0.717, 1.165) is 17.8 Å². The van der Waals surface area contributed by atoms with Gasteiger partial charge in [-0.1, -0.05) is 36.4 Å². The zero-order valence-electron chi connectivity index (χ0n) is 13.1. The maximum atomic E-state index is 12.1. The van der Waals surface area contributed by atoms with Gasteiger partial charge in [-0.3, -0.25) is 4.79 Å². The van der Waals surface area contributed by atoms with Crippen LogP contribution >= 0.6 is 11.3 Å². The number of amides is 1. The van der Waals surface area contributed by atoms with E-state index in [1.807, 2.05) is 23.6 Å². The van der Waals surface area contributed by atoms with Gasteiger partial charge in [-0.25, -0.2) is 4.98 Å². The highest BCUT2D eigenvalue weighted by molar-refractivity contribution is 7.13. The molecule has 0 spiro atoms. The molecule has 0 saturated heterocycles. The van der Waals surface area contributed by atoms with Crippen LogP contribution in [0.15, 0.2) is 58.5 Å². The molecule has 5 heteroatoms. The van der Waals surface area contributed by atoms with Gasteiger partial charge >= 0.3 is 0 Å². The summed E-state index contributed by atoms with van der Waals surface area (Å²) >= 11 is 1.57. The van der Waals surface area contributed by atoms with E-state index in [2.05, 4.69) is 34.6 Å². The normalized spacial score (nSPS) is 19.2. The fourth-order valence-corrected chi connectivity index (χ4v) is 3.61. The summed E-state index contributed by atoms with van der Waals surface area (Å²) in [6, 6.07) is 14.4. The molecule has 1 amide bonds. The monoisotopic (exact) mass is 338 g/mol. The molecule has 2 aromatic heterocycles. The van der Waals surface area contributed by atoms with Crippen molar-refractivity contribution < 1.29 is 9.21 Å². The van der Waals surface area contributed by atoms with Gasteiger partial charge in [0.25, 0.3) is 0 Å². The molecule has 1 aromatic carbocycles. The van der Waals surface area contributed by atoms with E-state index in [0.29, 0.717) is 23.4 Å². The third-order valence-electron chi connectivity index (χ3n) is 4.34. The van der Waals surface area contributed by atoms with Gasteiger partial charge in [0.2, 0.25) is 11.8 Å². The predicted molar refractivity (Wildman–Crippen MR) is 93.8 cm³/mol. The van der Waals surface area contributed by atoms with Crippen LogP contribution in [0.4, 0.5) is 0 Å². The lowest BCUT2D eigenvalue weighted by Gasteiger charge is -2.03. The average molecular weight is 338 g/mol. The zero-order valence-corrected chi connectivity index (χ0v) is 14.0. The first-order valence-corrected chi connectivity index (χ1v) is 8.97. The molecular formula is C19H18N2O2S. The molecule has 3 aromatic rings. The number of hydrogen-bond donors (Lipinski definition) is 1. The largest absolute Gasteiger partial charge is 0.444 e. The number of oxazole rings is 1. The van der Waals surface area contributed by atoms with E-state index in [-0.39, 0.29) is 12.3 Å². The summed E-state index contributed by atoms with van der Waals surface area (Å²) in [5.74, 6) is 1.72. The predicted octanol–water partition coefficient (Wildman–Crippen LogP) is 3.87. The van der Waals surface area contributed by atoms with Crippen LogP contribution in [0.3, 0.4) is 0 Å². The molecule has 0 bridgehead atoms. The lowest BCUT2D eigenvalue weighted by Crippen LogP contribution is -2.27. The Morgan fingerprint density at radius 2 is 2.12 bits per heavy atom. The topological polar surface area (TPSA) is 55.1 Å². The van der Waals surface area contributed by atoms with E-state index in [1.165, 1.54) is 5.56 Å². The van der Waals surface area contributed by atoms with Crippen LogP contribution in [0.5, 0.6) is 0 Å². The summed E-state index contributed by atoms with van der Waals surface area (Å²) in [6.07, 6.45) is 2.98. The van der Waals surface area contributed by atoms with Gasteiger partial charge in [0.15, 0.2) is 0 Å². The van der Waals surface area contributed by atoms with E-state index in [9.17, 15) is 4.79 Å². The van der Waals surface area contributed by atoms with Crippen LogP contribution in [-0.4, -0.2) is 17.4 Å². The van der Waals surface area contributed by atoms with Gasteiger partial charge in [-0.15, -0.1) is 11.3 Å². The maximum Gasteiger partial charge on any atom is 0.236 e. The van der Waals surface area contributed by atoms with Crippen molar-refractivity contribution in [1.29, 1.82) is 0 Å². The molecule has 0 radical (unpaired) electrons. The minimum Gasteiger partial charge on any atom is -0.444 e. The third kappa shape index (κ3) is 3.41. The lowest BCUT2D eigenvalue weighted by atomic mass is 10.1. The fourth-order valence-electron chi connectivity index (χ4n) is 2.96. The number of aromatic nitrogens is 1. The molecule has 4 rings (SSSR count). The summed E-state index contributed by atoms with van der Waals surface area (Å²) < 4.78 is 5.44. The summed E-state index contributed by atoms with van der Waals surface area (Å²) in [5.41, 5.74) is 2.04. The highest BCUT2D eigenvalue weighted by Gasteiger charge is 2.37. The van der Waals surface area contributed by atoms with Gasteiger partial charge in [-0.2, -0.15) is 0 Å². The van der Waals surface area contributed by atoms with Crippen molar-refractivity contribution in [3.05, 3.63) is 65.4 Å². The number of carbonyl (C=O) groups excluding carboxylic acids is 1. The molecule has 1 saturated carbocycles. The average Bonchev–Trinajstić information content (AvgIpc) is 2.99. The van der Waals surface area contributed by atoms with Crippen LogP contribution in [0.1, 0.15) is 23.6 Å². The highest BCUT2D eigenvalue weighted by atomic mass is 32.1. The molecule has 122 valence electrons. The number of carbonyl (C=O) groups is 1. The van der Waals surface area contributed by atoms with Crippen molar-refractivity contribution in [2.24, 2.45) is 5.92 Å². The molecule has 2 heterocycles. The third-order valence-corrected chi connectivity index (χ3v) is 5.19. The molecule has 2 atom stereocenters. The Morgan fingerprint density at radius 1 is 1.25 bits per heavy atom. The van der Waals surface area contributed by atoms with Crippen molar-refractivity contribution in [2.75, 3.05) is 6.54 Å². The number of benzene rings is 1. The molecular weight excluding hydrogens is 320 g/mol. The molecule has 1 aliphatic rings. The highest BCUT2D eigenvalue weighted by Crippen LogP contribution is 2.46. The van der Waals surface area contributed by atoms with Gasteiger partial charge in [-0.05, 0) is 35.3 Å². The van der Waals surface area contributed by atoms with E-state index >= 15 is 0 Å². The minimum atomic E-state index is -0.000240. The first-order valence-electron chi connectivity index (χ1n) is 8.09. The number of nitrogens with zero attached hydrogens (tertiary/aromatic N) is 1. The maximum absolute atomic E-state index is 12.1. The second-order valence-corrected chi connectivity index (χ2v) is 7.06. The Hall–Kier alpha value is -2.40. The Labute approximate surface area is 144 Å².